The molecule has 13 nitrogen and oxygen atoms in total. The summed E-state index contributed by atoms with van der Waals surface area (Å²) in [5, 5.41) is 2.64. The summed E-state index contributed by atoms with van der Waals surface area (Å²) < 4.78 is 5.86. The van der Waals surface area contributed by atoms with Gasteiger partial charge in [0.25, 0.3) is 11.8 Å². The molecule has 0 atom stereocenters. The second-order valence-corrected chi connectivity index (χ2v) is 12.8. The molecule has 8 aromatic rings. The topological polar surface area (TPSA) is 173 Å². The van der Waals surface area contributed by atoms with E-state index in [4.69, 9.17) is 34.6 Å². The number of amides is 3. The third kappa shape index (κ3) is 4.82. The summed E-state index contributed by atoms with van der Waals surface area (Å²) in [5.41, 5.74) is 5.11. The maximum Gasteiger partial charge on any atom is 0.429 e. The number of hydrogen-bond donors (Lipinski definition) is 2. The fraction of sp³-hybridized carbons (Fsp3) is 0. The average Bonchev–Trinajstić information content (AvgIpc) is 3.98. The van der Waals surface area contributed by atoms with Crippen LogP contribution < -0.4 is 4.74 Å². The minimum atomic E-state index is -1.15. The maximum atomic E-state index is 13.6. The van der Waals surface area contributed by atoms with Gasteiger partial charge >= 0.3 is 6.09 Å². The first-order valence-corrected chi connectivity index (χ1v) is 16.9. The van der Waals surface area contributed by atoms with Gasteiger partial charge in [-0.2, -0.15) is 4.90 Å². The zero-order valence-electron chi connectivity index (χ0n) is 28.0. The summed E-state index contributed by atoms with van der Waals surface area (Å²) in [4.78, 5) is 77.1. The number of rotatable bonds is 1. The number of aromatic nitrogens is 8. The van der Waals surface area contributed by atoms with Crippen LogP contribution in [0.2, 0.25) is 0 Å². The minimum Gasteiger partial charge on any atom is -0.409 e. The number of carbonyl (C=O) groups is 3. The number of ether oxygens (including phenoxy) is 1. The van der Waals surface area contributed by atoms with E-state index < -0.39 is 17.9 Å². The van der Waals surface area contributed by atoms with Crippen LogP contribution in [0.25, 0.3) is 89.7 Å². The third-order valence-corrected chi connectivity index (χ3v) is 9.72. The summed E-state index contributed by atoms with van der Waals surface area (Å²) in [7, 11) is 0. The Balaban J connectivity index is 0.00000372. The normalized spacial score (nSPS) is 12.7. The van der Waals surface area contributed by atoms with E-state index in [0.29, 0.717) is 55.9 Å². The molecule has 0 aliphatic carbocycles. The van der Waals surface area contributed by atoms with E-state index in [1.165, 1.54) is 12.1 Å². The first kappa shape index (κ1) is 32.3. The van der Waals surface area contributed by atoms with Crippen molar-refractivity contribution in [2.45, 2.75) is 0 Å². The second kappa shape index (κ2) is 12.1. The quantitative estimate of drug-likeness (QED) is 0.125. The molecular weight excluding hydrogens is 746 g/mol. The molecule has 3 aliphatic heterocycles. The molecular formula is C41H21CuN9O4. The molecule has 0 saturated carbocycles. The van der Waals surface area contributed by atoms with Crippen LogP contribution in [0.4, 0.5) is 4.79 Å². The van der Waals surface area contributed by atoms with Gasteiger partial charge in [0.15, 0.2) is 23.3 Å². The van der Waals surface area contributed by atoms with Crippen molar-refractivity contribution in [1.82, 2.24) is 44.8 Å². The van der Waals surface area contributed by atoms with Gasteiger partial charge in [0.2, 0.25) is 0 Å². The van der Waals surface area contributed by atoms with Crippen molar-refractivity contribution in [3.8, 4) is 51.3 Å². The zero-order valence-corrected chi connectivity index (χ0v) is 29.0. The van der Waals surface area contributed by atoms with Gasteiger partial charge < -0.3 is 14.7 Å². The Morgan fingerprint density at radius 2 is 0.836 bits per heavy atom. The molecule has 0 spiro atoms. The summed E-state index contributed by atoms with van der Waals surface area (Å²) in [6.45, 7) is 0. The van der Waals surface area contributed by atoms with Gasteiger partial charge in [-0.1, -0.05) is 97.1 Å². The number of fused-ring (bicyclic) bond motifs is 21. The van der Waals surface area contributed by atoms with Gasteiger partial charge in [-0.05, 0) is 18.2 Å². The van der Waals surface area contributed by atoms with Crippen molar-refractivity contribution in [2.24, 2.45) is 0 Å². The first-order valence-electron chi connectivity index (χ1n) is 16.9. The van der Waals surface area contributed by atoms with Crippen LogP contribution in [0.5, 0.6) is 5.75 Å². The van der Waals surface area contributed by atoms with E-state index in [9.17, 15) is 14.4 Å². The van der Waals surface area contributed by atoms with Gasteiger partial charge in [-0.3, -0.25) is 9.59 Å². The molecule has 2 N–H and O–H groups in total. The standard InChI is InChI=1S/C41H21N9O4.Cu/c51-39-26-16-7-8-17-27(26)40(52)50(39)41(53)54-29-19-9-18-28-30(29)38-48-36-25-15-6-5-14-24(25)34(46-36)44-32-21-11-2-1-10-20(21)31(42-32)43-33-22-12-3-4-13-23(22)35(45-33)47-37(28)49-38;/h1-19H,(H2,42,43,44,45,46,47,48,49);. The molecule has 1 radical (unpaired) electrons. The summed E-state index contributed by atoms with van der Waals surface area (Å²) in [6.07, 6.45) is -1.15. The Labute approximate surface area is 319 Å². The predicted octanol–water partition coefficient (Wildman–Crippen LogP) is 7.66. The number of benzene rings is 5. The zero-order chi connectivity index (χ0) is 36.1. The Morgan fingerprint density at radius 3 is 1.33 bits per heavy atom. The fourth-order valence-electron chi connectivity index (χ4n) is 7.24. The fourth-order valence-corrected chi connectivity index (χ4v) is 7.24. The van der Waals surface area contributed by atoms with Crippen LogP contribution in [0, 0.1) is 0 Å². The summed E-state index contributed by atoms with van der Waals surface area (Å²) >= 11 is 0. The van der Waals surface area contributed by atoms with Crippen LogP contribution in [-0.4, -0.2) is 62.7 Å². The van der Waals surface area contributed by atoms with Crippen molar-refractivity contribution in [3.63, 3.8) is 0 Å². The SMILES string of the molecule is O=C(Oc1cccc2c3nc4nc(nc5[nH]c(nc6nc(nc([nH]3)c12)-c1ccccc1-6)c1ccccc51)-c1ccccc1-4)N1C(=O)c2ccccc2C1=O.[Cu]. The molecule has 0 unspecified atom stereocenters. The van der Waals surface area contributed by atoms with Crippen molar-refractivity contribution in [1.29, 1.82) is 0 Å². The first-order chi connectivity index (χ1) is 26.5. The maximum absolute atomic E-state index is 13.6. The summed E-state index contributed by atoms with van der Waals surface area (Å²) in [6, 6.07) is 34.5. The molecule has 0 saturated heterocycles. The van der Waals surface area contributed by atoms with Gasteiger partial charge in [0, 0.05) is 55.5 Å². The van der Waals surface area contributed by atoms with Gasteiger partial charge in [-0.15, -0.1) is 0 Å². The Kier molecular flexibility index (Phi) is 7.08. The molecule has 5 aromatic carbocycles. The molecule has 3 aromatic heterocycles. The minimum absolute atomic E-state index is 0. The Bertz CT molecular complexity index is 3150. The molecule has 3 aliphatic rings. The van der Waals surface area contributed by atoms with Crippen molar-refractivity contribution < 1.29 is 36.2 Å². The van der Waals surface area contributed by atoms with Gasteiger partial charge in [-0.25, -0.2) is 34.7 Å². The Morgan fingerprint density at radius 1 is 0.455 bits per heavy atom. The van der Waals surface area contributed by atoms with E-state index in [-0.39, 0.29) is 39.6 Å². The van der Waals surface area contributed by atoms with Gasteiger partial charge in [0.1, 0.15) is 28.3 Å². The van der Waals surface area contributed by atoms with Crippen molar-refractivity contribution in [2.75, 3.05) is 0 Å². The number of nitrogens with zero attached hydrogens (tertiary/aromatic N) is 7. The summed E-state index contributed by atoms with van der Waals surface area (Å²) in [5.74, 6) is 0.177. The van der Waals surface area contributed by atoms with Crippen LogP contribution >= 0.6 is 0 Å². The molecule has 8 bridgehead atoms. The molecule has 265 valence electrons. The van der Waals surface area contributed by atoms with Crippen LogP contribution in [0.15, 0.2) is 115 Å². The van der Waals surface area contributed by atoms with Gasteiger partial charge in [0.05, 0.1) is 16.5 Å². The van der Waals surface area contributed by atoms with Crippen LogP contribution in [0.1, 0.15) is 20.7 Å². The molecule has 14 heteroatoms. The number of imide groups is 3. The van der Waals surface area contributed by atoms with Crippen LogP contribution in [0.3, 0.4) is 0 Å². The molecule has 6 heterocycles. The number of aromatic amines is 2. The van der Waals surface area contributed by atoms with Crippen LogP contribution in [-0.2, 0) is 17.1 Å². The number of carbonyl (C=O) groups excluding carboxylic acids is 3. The molecule has 0 fully saturated rings. The predicted molar refractivity (Wildman–Crippen MR) is 199 cm³/mol. The number of nitrogens with one attached hydrogen (secondary N) is 2. The molecule has 3 amide bonds. The van der Waals surface area contributed by atoms with E-state index in [2.05, 4.69) is 9.97 Å². The monoisotopic (exact) mass is 766 g/mol. The average molecular weight is 767 g/mol. The van der Waals surface area contributed by atoms with E-state index >= 15 is 0 Å². The van der Waals surface area contributed by atoms with Crippen molar-refractivity contribution >= 4 is 62.0 Å². The largest absolute Gasteiger partial charge is 0.429 e. The third-order valence-electron chi connectivity index (χ3n) is 9.72. The Hall–Kier alpha value is -7.41. The molecule has 55 heavy (non-hydrogen) atoms. The van der Waals surface area contributed by atoms with E-state index in [0.717, 1.165) is 33.0 Å². The van der Waals surface area contributed by atoms with Crippen molar-refractivity contribution in [3.05, 3.63) is 126 Å². The second-order valence-electron chi connectivity index (χ2n) is 12.8. The number of H-pyrrole nitrogens is 2. The van der Waals surface area contributed by atoms with E-state index in [1.54, 1.807) is 30.3 Å². The number of hydrogen-bond acceptors (Lipinski definition) is 10. The smallest absolute Gasteiger partial charge is 0.409 e. The molecule has 11 rings (SSSR count). The van der Waals surface area contributed by atoms with E-state index in [1.807, 2.05) is 72.8 Å².